The lowest BCUT2D eigenvalue weighted by Gasteiger charge is -2.45. The predicted octanol–water partition coefficient (Wildman–Crippen LogP) is 4.99. The van der Waals surface area contributed by atoms with Gasteiger partial charge < -0.3 is 19.7 Å². The quantitative estimate of drug-likeness (QED) is 0.282. The van der Waals surface area contributed by atoms with Gasteiger partial charge in [0.15, 0.2) is 0 Å². The maximum absolute atomic E-state index is 12.7. The molecule has 2 aliphatic rings. The van der Waals surface area contributed by atoms with Gasteiger partial charge in [0.25, 0.3) is 12.6 Å². The molecule has 2 heterocycles. The first-order chi connectivity index (χ1) is 16.8. The Kier molecular flexibility index (Phi) is 8.86. The molecule has 14 heteroatoms. The molecule has 0 aromatic heterocycles. The first-order valence-corrected chi connectivity index (χ1v) is 11.6. The van der Waals surface area contributed by atoms with E-state index in [1.807, 2.05) is 12.1 Å². The number of nitrogens with zero attached hydrogens (tertiary/aromatic N) is 2. The molecule has 1 N–H and O–H groups in total. The summed E-state index contributed by atoms with van der Waals surface area (Å²) < 4.78 is 85.0. The van der Waals surface area contributed by atoms with Crippen LogP contribution in [0.4, 0.5) is 36.8 Å². The summed E-state index contributed by atoms with van der Waals surface area (Å²) in [6.07, 6.45) is -14.9. The van der Waals surface area contributed by atoms with Crippen LogP contribution in [-0.4, -0.2) is 79.1 Å². The third-order valence-corrected chi connectivity index (χ3v) is 6.67. The Morgan fingerprint density at radius 2 is 1.75 bits per heavy atom. The number of hydrogen-bond donors (Lipinski definition) is 1. The summed E-state index contributed by atoms with van der Waals surface area (Å²) in [6.45, 7) is 2.17. The molecule has 36 heavy (non-hydrogen) atoms. The standard InChI is InChI=1S/C22H26ClF6N3O4/c23-16-10-15(11-17(12-16)30-5-9-35-14-33)13-32-6-1-2-20(32)3-7-31(8-4-20)19(34)36-18(21(24,25)26)22(27,28)29/h10-12,14,18,30H,1-9,13H2. The van der Waals surface area contributed by atoms with Gasteiger partial charge in [-0.05, 0) is 56.0 Å². The Morgan fingerprint density at radius 3 is 2.36 bits per heavy atom. The number of piperidine rings is 1. The van der Waals surface area contributed by atoms with Crippen molar-refractivity contribution in [3.63, 3.8) is 0 Å². The van der Waals surface area contributed by atoms with Gasteiger partial charge in [-0.15, -0.1) is 0 Å². The van der Waals surface area contributed by atoms with Gasteiger partial charge in [0.2, 0.25) is 0 Å². The fraction of sp³-hybridized carbons (Fsp3) is 0.636. The van der Waals surface area contributed by atoms with Gasteiger partial charge >= 0.3 is 18.4 Å². The van der Waals surface area contributed by atoms with Gasteiger partial charge in [0.05, 0.1) is 0 Å². The number of ether oxygens (including phenoxy) is 2. The van der Waals surface area contributed by atoms with Gasteiger partial charge in [-0.25, -0.2) is 4.79 Å². The van der Waals surface area contributed by atoms with Crippen LogP contribution in [0, 0.1) is 0 Å². The first kappa shape index (κ1) is 28.2. The number of halogens is 7. The maximum Gasteiger partial charge on any atom is 0.434 e. The van der Waals surface area contributed by atoms with E-state index < -0.39 is 24.5 Å². The van der Waals surface area contributed by atoms with Crippen LogP contribution < -0.4 is 5.32 Å². The van der Waals surface area contributed by atoms with Crippen molar-refractivity contribution in [3.8, 4) is 0 Å². The van der Waals surface area contributed by atoms with Crippen molar-refractivity contribution < 1.29 is 45.4 Å². The van der Waals surface area contributed by atoms with Crippen molar-refractivity contribution in [2.45, 2.75) is 56.2 Å². The summed E-state index contributed by atoms with van der Waals surface area (Å²) in [4.78, 5) is 25.5. The highest BCUT2D eigenvalue weighted by atomic mass is 35.5. The summed E-state index contributed by atoms with van der Waals surface area (Å²) >= 11 is 6.25. The third kappa shape index (κ3) is 7.09. The van der Waals surface area contributed by atoms with E-state index in [2.05, 4.69) is 19.7 Å². The molecule has 202 valence electrons. The van der Waals surface area contributed by atoms with Crippen LogP contribution >= 0.6 is 11.6 Å². The lowest BCUT2D eigenvalue weighted by molar-refractivity contribution is -0.308. The Hall–Kier alpha value is -2.41. The molecule has 1 aromatic rings. The summed E-state index contributed by atoms with van der Waals surface area (Å²) in [5.74, 6) is 0. The van der Waals surface area contributed by atoms with Crippen molar-refractivity contribution in [2.24, 2.45) is 0 Å². The molecule has 0 unspecified atom stereocenters. The van der Waals surface area contributed by atoms with Gasteiger partial charge in [0.1, 0.15) is 6.61 Å². The molecule has 2 saturated heterocycles. The second-order valence-corrected chi connectivity index (χ2v) is 9.26. The number of hydrogen-bond acceptors (Lipinski definition) is 6. The smallest absolute Gasteiger partial charge is 0.434 e. The van der Waals surface area contributed by atoms with Gasteiger partial charge in [-0.1, -0.05) is 11.6 Å². The monoisotopic (exact) mass is 545 g/mol. The molecule has 3 rings (SSSR count). The van der Waals surface area contributed by atoms with Crippen molar-refractivity contribution in [2.75, 3.05) is 38.1 Å². The highest BCUT2D eigenvalue weighted by Crippen LogP contribution is 2.41. The molecule has 0 atom stereocenters. The Labute approximate surface area is 208 Å². The summed E-state index contributed by atoms with van der Waals surface area (Å²) in [5.41, 5.74) is 1.31. The van der Waals surface area contributed by atoms with Crippen molar-refractivity contribution in [1.29, 1.82) is 0 Å². The molecule has 2 aliphatic heterocycles. The molecule has 1 amide bonds. The van der Waals surface area contributed by atoms with E-state index >= 15 is 0 Å². The highest BCUT2D eigenvalue weighted by Gasteiger charge is 2.60. The maximum atomic E-state index is 12.7. The fourth-order valence-corrected chi connectivity index (χ4v) is 5.03. The van der Waals surface area contributed by atoms with Crippen molar-refractivity contribution in [3.05, 3.63) is 28.8 Å². The minimum atomic E-state index is -5.75. The van der Waals surface area contributed by atoms with Crippen LogP contribution in [0.5, 0.6) is 0 Å². The van der Waals surface area contributed by atoms with Crippen LogP contribution in [0.25, 0.3) is 0 Å². The normalized spacial score (nSPS) is 18.5. The van der Waals surface area contributed by atoms with Gasteiger partial charge in [-0.2, -0.15) is 26.3 Å². The lowest BCUT2D eigenvalue weighted by Crippen LogP contribution is -2.54. The number of rotatable bonds is 8. The van der Waals surface area contributed by atoms with E-state index in [9.17, 15) is 35.9 Å². The minimum Gasteiger partial charge on any atom is -0.466 e. The van der Waals surface area contributed by atoms with Crippen LogP contribution in [0.2, 0.25) is 5.02 Å². The Bertz CT molecular complexity index is 908. The van der Waals surface area contributed by atoms with E-state index in [0.717, 1.165) is 35.5 Å². The largest absolute Gasteiger partial charge is 0.466 e. The number of likely N-dealkylation sites (tertiary alicyclic amines) is 2. The fourth-order valence-electron chi connectivity index (χ4n) is 4.77. The molecule has 0 aliphatic carbocycles. The average Bonchev–Trinajstić information content (AvgIpc) is 3.14. The second-order valence-electron chi connectivity index (χ2n) is 8.83. The molecule has 0 bridgehead atoms. The predicted molar refractivity (Wildman–Crippen MR) is 118 cm³/mol. The minimum absolute atomic E-state index is 0.0170. The second kappa shape index (κ2) is 11.3. The zero-order valence-electron chi connectivity index (χ0n) is 19.1. The summed E-state index contributed by atoms with van der Waals surface area (Å²) in [5, 5.41) is 3.61. The first-order valence-electron chi connectivity index (χ1n) is 11.3. The van der Waals surface area contributed by atoms with E-state index in [1.54, 1.807) is 6.07 Å². The SMILES string of the molecule is O=COCCNc1cc(Cl)cc(CN2CCCC23CCN(C(=O)OC(C(F)(F)F)C(F)(F)F)CC3)c1. The van der Waals surface area contributed by atoms with Crippen LogP contribution in [0.15, 0.2) is 18.2 Å². The molecular weight excluding hydrogens is 520 g/mol. The summed E-state index contributed by atoms with van der Waals surface area (Å²) in [6, 6.07) is 5.44. The van der Waals surface area contributed by atoms with Crippen LogP contribution in [0.3, 0.4) is 0 Å². The number of carbonyl (C=O) groups excluding carboxylic acids is 2. The topological polar surface area (TPSA) is 71.1 Å². The van der Waals surface area contributed by atoms with Crippen LogP contribution in [0.1, 0.15) is 31.2 Å². The Morgan fingerprint density at radius 1 is 1.08 bits per heavy atom. The van der Waals surface area contributed by atoms with E-state index in [-0.39, 0.29) is 25.2 Å². The molecule has 0 saturated carbocycles. The van der Waals surface area contributed by atoms with E-state index in [1.165, 1.54) is 0 Å². The number of nitrogens with one attached hydrogen (secondary N) is 1. The molecule has 0 radical (unpaired) electrons. The number of anilines is 1. The Balaban J connectivity index is 1.61. The molecular formula is C22H26ClF6N3O4. The van der Waals surface area contributed by atoms with Crippen LogP contribution in [-0.2, 0) is 20.8 Å². The number of amides is 1. The van der Waals surface area contributed by atoms with E-state index in [0.29, 0.717) is 37.4 Å². The zero-order valence-corrected chi connectivity index (χ0v) is 19.9. The third-order valence-electron chi connectivity index (χ3n) is 6.45. The van der Waals surface area contributed by atoms with E-state index in [4.69, 9.17) is 11.6 Å². The highest BCUT2D eigenvalue weighted by molar-refractivity contribution is 6.30. The zero-order chi connectivity index (χ0) is 26.6. The molecule has 2 fully saturated rings. The van der Waals surface area contributed by atoms with Gasteiger partial charge in [0, 0.05) is 42.4 Å². The number of benzene rings is 1. The molecule has 1 spiro atoms. The number of carbonyl (C=O) groups is 2. The number of alkyl halides is 6. The van der Waals surface area contributed by atoms with Crippen molar-refractivity contribution in [1.82, 2.24) is 9.80 Å². The molecule has 1 aromatic carbocycles. The molecule has 7 nitrogen and oxygen atoms in total. The average molecular weight is 546 g/mol. The lowest BCUT2D eigenvalue weighted by atomic mass is 9.85. The summed E-state index contributed by atoms with van der Waals surface area (Å²) in [7, 11) is 0. The van der Waals surface area contributed by atoms with Gasteiger partial charge in [-0.3, -0.25) is 9.69 Å². The van der Waals surface area contributed by atoms with Crippen molar-refractivity contribution >= 4 is 29.9 Å².